The average Bonchev–Trinajstić information content (AvgIpc) is 3.89. The molecule has 0 radical (unpaired) electrons. The summed E-state index contributed by atoms with van der Waals surface area (Å²) in [4.78, 5) is 2.41. The van der Waals surface area contributed by atoms with Crippen molar-refractivity contribution >= 4 is 153 Å². The lowest BCUT2D eigenvalue weighted by molar-refractivity contribution is 1.20. The van der Waals surface area contributed by atoms with Crippen molar-refractivity contribution in [3.63, 3.8) is 0 Å². The second-order valence-electron chi connectivity index (χ2n) is 20.5. The molecule has 16 rings (SSSR count). The monoisotopic (exact) mass is 932 g/mol. The van der Waals surface area contributed by atoms with E-state index in [0.29, 0.717) is 0 Å². The van der Waals surface area contributed by atoms with Gasteiger partial charge >= 0.3 is 0 Å². The van der Waals surface area contributed by atoms with Crippen molar-refractivity contribution in [3.05, 3.63) is 267 Å². The van der Waals surface area contributed by atoms with E-state index in [4.69, 9.17) is 0 Å². The van der Waals surface area contributed by atoms with Gasteiger partial charge in [0.05, 0.1) is 22.4 Å². The van der Waals surface area contributed by atoms with E-state index in [-0.39, 0.29) is 26.9 Å². The van der Waals surface area contributed by atoms with Crippen LogP contribution in [-0.4, -0.2) is 31.4 Å². The van der Waals surface area contributed by atoms with Gasteiger partial charge in [-0.25, -0.2) is 0 Å². The van der Waals surface area contributed by atoms with Crippen molar-refractivity contribution < 1.29 is 0 Å². The second-order valence-corrected chi connectivity index (χ2v) is 20.5. The van der Waals surface area contributed by atoms with Gasteiger partial charge in [0.1, 0.15) is 0 Å². The Balaban J connectivity index is 0.893. The van der Waals surface area contributed by atoms with Crippen LogP contribution in [0.1, 0.15) is 0 Å². The largest absolute Gasteiger partial charge is 0.310 e. The maximum Gasteiger partial charge on any atom is 0.240 e. The Morgan fingerprint density at radius 2 is 0.568 bits per heavy atom. The molecule has 0 aliphatic carbocycles. The first kappa shape index (κ1) is 41.6. The minimum absolute atomic E-state index is 0.0361. The molecular weight excluding hydrogens is 888 g/mol. The van der Waals surface area contributed by atoms with Crippen LogP contribution in [0.2, 0.25) is 0 Å². The minimum Gasteiger partial charge on any atom is -0.310 e. The summed E-state index contributed by atoms with van der Waals surface area (Å²) in [5.74, 6) is 0. The number of rotatable bonds is 6. The standard InChI is InChI=1S/C68H44B4N2/c1-3-21-45(22-4-1)73(46-23-5-2-6-24-46)63-43-17-27-47-49(63)29-15-35-53(47)69-55-31-9-11-33-57(55)71-62-40-20-38-60-68(62)72(61-39-19-37-59(69)67(61)71)58-34-12-10-32-56(58)70(60)54-36-16-30-50-48(54)28-18-44-66(50)74-64-41-13-7-25-51(64)52-26-8-14-42-65(52)74/h1-44H. The van der Waals surface area contributed by atoms with Crippen LogP contribution in [0, 0.1) is 0 Å². The van der Waals surface area contributed by atoms with Gasteiger partial charge in [0.25, 0.3) is 0 Å². The normalized spacial score (nSPS) is 13.0. The van der Waals surface area contributed by atoms with Crippen LogP contribution in [-0.2, 0) is 0 Å². The minimum atomic E-state index is 0.0361. The van der Waals surface area contributed by atoms with E-state index in [2.05, 4.69) is 276 Å². The van der Waals surface area contributed by atoms with Crippen LogP contribution in [0.25, 0.3) is 49.0 Å². The van der Waals surface area contributed by atoms with Crippen LogP contribution in [0.15, 0.2) is 267 Å². The fourth-order valence-electron chi connectivity index (χ4n) is 14.2. The molecule has 13 aromatic rings. The highest BCUT2D eigenvalue weighted by atomic mass is 15.1. The highest BCUT2D eigenvalue weighted by Gasteiger charge is 2.50. The Labute approximate surface area is 432 Å². The van der Waals surface area contributed by atoms with E-state index in [9.17, 15) is 0 Å². The van der Waals surface area contributed by atoms with Crippen LogP contribution in [0.3, 0.4) is 0 Å². The van der Waals surface area contributed by atoms with E-state index in [1.54, 1.807) is 0 Å². The number of nitrogens with zero attached hydrogens (tertiary/aromatic N) is 2. The molecule has 0 bridgehead atoms. The molecule has 12 aromatic carbocycles. The van der Waals surface area contributed by atoms with Crippen molar-refractivity contribution in [2.45, 2.75) is 0 Å². The molecule has 0 saturated heterocycles. The zero-order valence-electron chi connectivity index (χ0n) is 40.6. The molecule has 1 aromatic heterocycles. The molecule has 0 N–H and O–H groups in total. The zero-order valence-corrected chi connectivity index (χ0v) is 40.6. The fourth-order valence-corrected chi connectivity index (χ4v) is 14.2. The Morgan fingerprint density at radius 1 is 0.230 bits per heavy atom. The van der Waals surface area contributed by atoms with E-state index in [1.807, 2.05) is 0 Å². The van der Waals surface area contributed by atoms with Crippen molar-refractivity contribution in [2.75, 3.05) is 4.90 Å². The molecule has 6 heteroatoms. The molecule has 0 fully saturated rings. The van der Waals surface area contributed by atoms with Gasteiger partial charge in [-0.2, -0.15) is 0 Å². The summed E-state index contributed by atoms with van der Waals surface area (Å²) in [5.41, 5.74) is 24.0. The highest BCUT2D eigenvalue weighted by molar-refractivity contribution is 7.22. The third kappa shape index (κ3) is 5.88. The van der Waals surface area contributed by atoms with Crippen LogP contribution >= 0.6 is 0 Å². The number of hydrogen-bond donors (Lipinski definition) is 0. The molecule has 74 heavy (non-hydrogen) atoms. The van der Waals surface area contributed by atoms with Crippen molar-refractivity contribution in [1.82, 2.24) is 4.57 Å². The number of fused-ring (bicyclic) bond motifs is 11. The predicted octanol–water partition coefficient (Wildman–Crippen LogP) is 7.56. The number of hydrogen-bond acceptors (Lipinski definition) is 1. The summed E-state index contributed by atoms with van der Waals surface area (Å²) >= 11 is 0. The van der Waals surface area contributed by atoms with Crippen LogP contribution < -0.4 is 70.5 Å². The van der Waals surface area contributed by atoms with Gasteiger partial charge in [0, 0.05) is 32.9 Å². The van der Waals surface area contributed by atoms with E-state index >= 15 is 0 Å². The van der Waals surface area contributed by atoms with Crippen molar-refractivity contribution in [1.29, 1.82) is 0 Å². The fraction of sp³-hybridized carbons (Fsp3) is 0. The Bertz CT molecular complexity index is 4340. The van der Waals surface area contributed by atoms with E-state index in [1.165, 1.54) is 120 Å². The topological polar surface area (TPSA) is 8.17 Å². The van der Waals surface area contributed by atoms with Crippen molar-refractivity contribution in [2.24, 2.45) is 0 Å². The summed E-state index contributed by atoms with van der Waals surface area (Å²) in [7, 11) is 0. The third-order valence-corrected chi connectivity index (χ3v) is 17.0. The van der Waals surface area contributed by atoms with Gasteiger partial charge in [-0.05, 0) is 59.3 Å². The molecule has 0 atom stereocenters. The Morgan fingerprint density at radius 3 is 1.09 bits per heavy atom. The molecule has 0 saturated carbocycles. The Kier molecular flexibility index (Phi) is 9.15. The average molecular weight is 932 g/mol. The molecular formula is C68H44B4N2. The molecule has 338 valence electrons. The lowest BCUT2D eigenvalue weighted by Gasteiger charge is -2.43. The molecule has 2 nitrogen and oxygen atoms in total. The summed E-state index contributed by atoms with van der Waals surface area (Å²) in [6.45, 7) is 0.270. The van der Waals surface area contributed by atoms with Crippen LogP contribution in [0.4, 0.5) is 17.1 Å². The van der Waals surface area contributed by atoms with Crippen LogP contribution in [0.5, 0.6) is 0 Å². The van der Waals surface area contributed by atoms with E-state index < -0.39 is 0 Å². The predicted molar refractivity (Wildman–Crippen MR) is 321 cm³/mol. The summed E-state index contributed by atoms with van der Waals surface area (Å²) in [6, 6.07) is 101. The zero-order chi connectivity index (χ0) is 48.4. The molecule has 0 spiro atoms. The maximum absolute atomic E-state index is 2.48. The van der Waals surface area contributed by atoms with Gasteiger partial charge in [-0.3, -0.25) is 0 Å². The number of benzene rings is 12. The van der Waals surface area contributed by atoms with Gasteiger partial charge < -0.3 is 9.47 Å². The second kappa shape index (κ2) is 16.3. The highest BCUT2D eigenvalue weighted by Crippen LogP contribution is 2.39. The first-order chi connectivity index (χ1) is 36.8. The summed E-state index contributed by atoms with van der Waals surface area (Å²) in [5, 5.41) is 7.62. The number of anilines is 3. The van der Waals surface area contributed by atoms with Gasteiger partial charge in [-0.15, -0.1) is 0 Å². The van der Waals surface area contributed by atoms with Gasteiger partial charge in [0.15, 0.2) is 0 Å². The molecule has 3 aliphatic rings. The SMILES string of the molecule is c1ccc(N(c2ccccc2)c2cccc3c(B4c5ccccc5B5c6cccc7c6B(c6ccccc6B7c6cccc7c(-n8c9ccccc9c9ccccc98)cccc67)c6cccc4c65)cccc23)cc1. The number of para-hydroxylation sites is 4. The molecule has 0 unspecified atom stereocenters. The van der Waals surface area contributed by atoms with E-state index in [0.717, 1.165) is 11.4 Å². The maximum atomic E-state index is 2.48. The van der Waals surface area contributed by atoms with Gasteiger partial charge in [-0.1, -0.05) is 284 Å². The third-order valence-electron chi connectivity index (χ3n) is 17.0. The first-order valence-electron chi connectivity index (χ1n) is 26.2. The van der Waals surface area contributed by atoms with Gasteiger partial charge in [0.2, 0.25) is 26.9 Å². The molecule has 0 amide bonds. The Hall–Kier alpha value is -8.98. The van der Waals surface area contributed by atoms with Crippen molar-refractivity contribution in [3.8, 4) is 5.69 Å². The summed E-state index contributed by atoms with van der Waals surface area (Å²) < 4.78 is 2.48. The molecule has 3 aliphatic heterocycles. The number of aromatic nitrogens is 1. The quantitative estimate of drug-likeness (QED) is 0.157. The first-order valence-corrected chi connectivity index (χ1v) is 26.2. The smallest absolute Gasteiger partial charge is 0.240 e. The lowest BCUT2D eigenvalue weighted by atomic mass is 9.11. The lowest BCUT2D eigenvalue weighted by Crippen LogP contribution is -2.89. The molecule has 4 heterocycles. The summed E-state index contributed by atoms with van der Waals surface area (Å²) in [6.07, 6.45) is 0.